The fraction of sp³-hybridized carbons (Fsp3) is 0.125. The lowest BCUT2D eigenvalue weighted by Gasteiger charge is -2.06. The fourth-order valence-corrected chi connectivity index (χ4v) is 3.26. The largest absolute Gasteiger partial charge is 0.453 e. The van der Waals surface area contributed by atoms with Crippen LogP contribution in [0, 0.1) is 0 Å². The molecule has 0 fully saturated rings. The summed E-state index contributed by atoms with van der Waals surface area (Å²) in [6.07, 6.45) is -0.670. The number of amides is 1. The van der Waals surface area contributed by atoms with E-state index < -0.39 is 16.1 Å². The van der Waals surface area contributed by atoms with E-state index in [2.05, 4.69) is 24.7 Å². The number of hydrogen-bond donors (Lipinski definition) is 3. The first-order valence-electron chi connectivity index (χ1n) is 7.36. The van der Waals surface area contributed by atoms with E-state index in [1.54, 1.807) is 6.07 Å². The van der Waals surface area contributed by atoms with E-state index in [0.29, 0.717) is 11.0 Å². The van der Waals surface area contributed by atoms with Crippen LogP contribution in [0.2, 0.25) is 0 Å². The zero-order valence-corrected chi connectivity index (χ0v) is 14.1. The Morgan fingerprint density at radius 3 is 2.68 bits per heavy atom. The number of H-pyrrole nitrogens is 1. The monoisotopic (exact) mass is 360 g/mol. The summed E-state index contributed by atoms with van der Waals surface area (Å²) in [5, 5.41) is 2.39. The second-order valence-electron chi connectivity index (χ2n) is 5.19. The van der Waals surface area contributed by atoms with Gasteiger partial charge in [0.25, 0.3) is 0 Å². The average molecular weight is 360 g/mol. The smallest absolute Gasteiger partial charge is 0.413 e. The van der Waals surface area contributed by atoms with Gasteiger partial charge >= 0.3 is 6.09 Å². The first-order chi connectivity index (χ1) is 12.0. The van der Waals surface area contributed by atoms with Crippen LogP contribution in [0.1, 0.15) is 5.56 Å². The molecule has 0 aliphatic carbocycles. The maximum Gasteiger partial charge on any atom is 0.413 e. The van der Waals surface area contributed by atoms with Crippen molar-refractivity contribution in [3.63, 3.8) is 0 Å². The molecule has 0 aliphatic heterocycles. The molecule has 1 aromatic heterocycles. The van der Waals surface area contributed by atoms with Gasteiger partial charge in [-0.3, -0.25) is 5.32 Å². The van der Waals surface area contributed by atoms with E-state index in [9.17, 15) is 13.2 Å². The van der Waals surface area contributed by atoms with Crippen LogP contribution in [0.5, 0.6) is 0 Å². The van der Waals surface area contributed by atoms with Gasteiger partial charge in [0.05, 0.1) is 23.0 Å². The number of nitrogens with zero attached hydrogens (tertiary/aromatic N) is 1. The number of nitrogens with one attached hydrogen (secondary N) is 3. The quantitative estimate of drug-likeness (QED) is 0.646. The molecule has 0 aliphatic rings. The Kier molecular flexibility index (Phi) is 4.68. The number of sulfonamides is 1. The molecule has 2 aromatic carbocycles. The highest BCUT2D eigenvalue weighted by molar-refractivity contribution is 7.89. The minimum absolute atomic E-state index is 0.101. The zero-order chi connectivity index (χ0) is 17.9. The normalized spacial score (nSPS) is 11.4. The molecule has 130 valence electrons. The maximum absolute atomic E-state index is 12.4. The minimum Gasteiger partial charge on any atom is -0.453 e. The van der Waals surface area contributed by atoms with Crippen LogP contribution in [0.4, 0.5) is 10.7 Å². The number of fused-ring (bicyclic) bond motifs is 1. The van der Waals surface area contributed by atoms with Gasteiger partial charge in [-0.2, -0.15) is 0 Å². The number of benzene rings is 2. The van der Waals surface area contributed by atoms with Crippen LogP contribution < -0.4 is 10.0 Å². The van der Waals surface area contributed by atoms with Gasteiger partial charge in [0.2, 0.25) is 16.0 Å². The van der Waals surface area contributed by atoms with Gasteiger partial charge in [0.1, 0.15) is 0 Å². The molecule has 0 saturated carbocycles. The molecule has 0 radical (unpaired) electrons. The molecule has 9 heteroatoms. The number of carbonyl (C=O) groups excluding carboxylic acids is 1. The third-order valence-corrected chi connectivity index (χ3v) is 4.88. The molecule has 0 atom stereocenters. The van der Waals surface area contributed by atoms with E-state index in [4.69, 9.17) is 0 Å². The molecule has 1 heterocycles. The predicted molar refractivity (Wildman–Crippen MR) is 92.6 cm³/mol. The molecule has 0 bridgehead atoms. The molecule has 25 heavy (non-hydrogen) atoms. The van der Waals surface area contributed by atoms with Crippen LogP contribution in [-0.2, 0) is 21.3 Å². The molecular formula is C16H16N4O4S. The van der Waals surface area contributed by atoms with Crippen molar-refractivity contribution in [2.24, 2.45) is 0 Å². The van der Waals surface area contributed by atoms with Gasteiger partial charge in [-0.25, -0.2) is 22.9 Å². The van der Waals surface area contributed by atoms with E-state index >= 15 is 0 Å². The van der Waals surface area contributed by atoms with Gasteiger partial charge in [0.15, 0.2) is 0 Å². The van der Waals surface area contributed by atoms with E-state index in [0.717, 1.165) is 5.56 Å². The average Bonchev–Trinajstić information content (AvgIpc) is 3.02. The lowest BCUT2D eigenvalue weighted by molar-refractivity contribution is 0.186. The number of ether oxygens (including phenoxy) is 1. The lowest BCUT2D eigenvalue weighted by Crippen LogP contribution is -2.23. The van der Waals surface area contributed by atoms with Crippen LogP contribution in [0.25, 0.3) is 11.0 Å². The fourth-order valence-electron chi connectivity index (χ4n) is 2.22. The first kappa shape index (κ1) is 16.9. The summed E-state index contributed by atoms with van der Waals surface area (Å²) in [4.78, 5) is 18.3. The van der Waals surface area contributed by atoms with Gasteiger partial charge in [-0.05, 0) is 23.8 Å². The van der Waals surface area contributed by atoms with Crippen LogP contribution in [0.3, 0.4) is 0 Å². The van der Waals surface area contributed by atoms with Gasteiger partial charge in [-0.1, -0.05) is 30.3 Å². The van der Waals surface area contributed by atoms with Crippen LogP contribution in [0.15, 0.2) is 53.4 Å². The SMILES string of the molecule is COC(=O)Nc1nc2ccc(S(=O)(=O)NCc3ccccc3)cc2[nH]1. The summed E-state index contributed by atoms with van der Waals surface area (Å²) in [6, 6.07) is 13.7. The standard InChI is InChI=1S/C16H16N4O4S/c1-24-16(21)20-15-18-13-8-7-12(9-14(13)19-15)25(22,23)17-10-11-5-3-2-4-6-11/h2-9,17H,10H2,1H3,(H2,18,19,20,21). The Labute approximate surface area is 144 Å². The van der Waals surface area contributed by atoms with Gasteiger partial charge in [0, 0.05) is 6.54 Å². The number of hydrogen-bond acceptors (Lipinski definition) is 5. The Hall–Kier alpha value is -2.91. The first-order valence-corrected chi connectivity index (χ1v) is 8.84. The molecule has 3 aromatic rings. The highest BCUT2D eigenvalue weighted by atomic mass is 32.2. The number of anilines is 1. The number of imidazole rings is 1. The molecule has 0 unspecified atom stereocenters. The van der Waals surface area contributed by atoms with E-state index in [1.165, 1.54) is 19.2 Å². The van der Waals surface area contributed by atoms with Crippen molar-refractivity contribution in [3.05, 3.63) is 54.1 Å². The van der Waals surface area contributed by atoms with Crippen molar-refractivity contribution >= 4 is 33.1 Å². The summed E-state index contributed by atoms with van der Waals surface area (Å²) in [7, 11) is -2.44. The van der Waals surface area contributed by atoms with Gasteiger partial charge < -0.3 is 9.72 Å². The molecule has 0 saturated heterocycles. The summed E-state index contributed by atoms with van der Waals surface area (Å²) >= 11 is 0. The summed E-state index contributed by atoms with van der Waals surface area (Å²) in [5.41, 5.74) is 1.86. The van der Waals surface area contributed by atoms with Crippen LogP contribution in [-0.4, -0.2) is 31.6 Å². The van der Waals surface area contributed by atoms with Crippen molar-refractivity contribution in [1.29, 1.82) is 0 Å². The number of aromatic nitrogens is 2. The minimum atomic E-state index is -3.68. The van der Waals surface area contributed by atoms with E-state index in [1.807, 2.05) is 30.3 Å². The lowest BCUT2D eigenvalue weighted by atomic mass is 10.2. The van der Waals surface area contributed by atoms with Crippen molar-refractivity contribution in [2.45, 2.75) is 11.4 Å². The van der Waals surface area contributed by atoms with Crippen LogP contribution >= 0.6 is 0 Å². The highest BCUT2D eigenvalue weighted by Crippen LogP contribution is 2.19. The Morgan fingerprint density at radius 2 is 1.96 bits per heavy atom. The zero-order valence-electron chi connectivity index (χ0n) is 13.3. The second-order valence-corrected chi connectivity index (χ2v) is 6.96. The topological polar surface area (TPSA) is 113 Å². The molecule has 0 spiro atoms. The van der Waals surface area contributed by atoms with Gasteiger partial charge in [-0.15, -0.1) is 0 Å². The molecule has 1 amide bonds. The summed E-state index contributed by atoms with van der Waals surface area (Å²) in [5.74, 6) is 0.175. The number of methoxy groups -OCH3 is 1. The van der Waals surface area contributed by atoms with Crippen molar-refractivity contribution in [3.8, 4) is 0 Å². The van der Waals surface area contributed by atoms with Crippen molar-refractivity contribution in [1.82, 2.24) is 14.7 Å². The Balaban J connectivity index is 1.81. The number of carbonyl (C=O) groups is 1. The van der Waals surface area contributed by atoms with Crippen molar-refractivity contribution < 1.29 is 17.9 Å². The predicted octanol–water partition coefficient (Wildman–Crippen LogP) is 2.22. The molecular weight excluding hydrogens is 344 g/mol. The molecule has 8 nitrogen and oxygen atoms in total. The molecule has 3 N–H and O–H groups in total. The third-order valence-electron chi connectivity index (χ3n) is 3.48. The van der Waals surface area contributed by atoms with E-state index in [-0.39, 0.29) is 17.4 Å². The Morgan fingerprint density at radius 1 is 1.20 bits per heavy atom. The molecule has 3 rings (SSSR count). The second kappa shape index (κ2) is 6.91. The summed E-state index contributed by atoms with van der Waals surface area (Å²) in [6.45, 7) is 0.194. The Bertz CT molecular complexity index is 999. The van der Waals surface area contributed by atoms with Crippen molar-refractivity contribution in [2.75, 3.05) is 12.4 Å². The maximum atomic E-state index is 12.4. The third kappa shape index (κ3) is 3.95. The number of rotatable bonds is 5. The number of aromatic amines is 1. The summed E-state index contributed by atoms with van der Waals surface area (Å²) < 4.78 is 31.9. The highest BCUT2D eigenvalue weighted by Gasteiger charge is 2.16.